The fourth-order valence-corrected chi connectivity index (χ4v) is 2.40. The van der Waals surface area contributed by atoms with Gasteiger partial charge in [0.15, 0.2) is 0 Å². The number of rotatable bonds is 0. The molecular weight excluding hydrogens is 136 g/mol. The predicted molar refractivity (Wildman–Crippen MR) is 45.5 cm³/mol. The van der Waals surface area contributed by atoms with E-state index in [1.165, 1.54) is 24.0 Å². The first-order valence-electron chi connectivity index (χ1n) is 4.37. The van der Waals surface area contributed by atoms with Crippen molar-refractivity contribution in [1.82, 2.24) is 0 Å². The first-order valence-corrected chi connectivity index (χ1v) is 4.37. The highest BCUT2D eigenvalue weighted by Gasteiger charge is 2.52. The second-order valence-electron chi connectivity index (χ2n) is 4.31. The molecule has 2 bridgehead atoms. The van der Waals surface area contributed by atoms with Crippen molar-refractivity contribution in [2.24, 2.45) is 0 Å². The molecule has 0 aromatic carbocycles. The smallest absolute Gasteiger partial charge is 0.0877 e. The van der Waals surface area contributed by atoms with Crippen LogP contribution in [0.25, 0.3) is 0 Å². The Labute approximate surface area is 68.4 Å². The van der Waals surface area contributed by atoms with Gasteiger partial charge in [0.1, 0.15) is 0 Å². The summed E-state index contributed by atoms with van der Waals surface area (Å²) in [6.07, 6.45) is 2.40. The van der Waals surface area contributed by atoms with Crippen LogP contribution in [0.2, 0.25) is 0 Å². The van der Waals surface area contributed by atoms with Crippen LogP contribution < -0.4 is 0 Å². The third-order valence-electron chi connectivity index (χ3n) is 3.68. The summed E-state index contributed by atoms with van der Waals surface area (Å²) in [6, 6.07) is 0. The Kier molecular flexibility index (Phi) is 1.15. The minimum absolute atomic E-state index is 0.0822. The summed E-state index contributed by atoms with van der Waals surface area (Å²) >= 11 is 0. The molecule has 2 atom stereocenters. The first kappa shape index (κ1) is 7.35. The maximum absolute atomic E-state index is 6.00. The van der Waals surface area contributed by atoms with Crippen molar-refractivity contribution in [3.05, 3.63) is 11.1 Å². The van der Waals surface area contributed by atoms with Crippen molar-refractivity contribution >= 4 is 0 Å². The predicted octanol–water partition coefficient (Wildman–Crippen LogP) is 2.66. The minimum atomic E-state index is 0.0822. The van der Waals surface area contributed by atoms with Crippen molar-refractivity contribution in [3.8, 4) is 0 Å². The maximum atomic E-state index is 6.00. The Morgan fingerprint density at radius 2 is 1.36 bits per heavy atom. The zero-order valence-electron chi connectivity index (χ0n) is 7.82. The summed E-state index contributed by atoms with van der Waals surface area (Å²) in [6.45, 7) is 8.84. The van der Waals surface area contributed by atoms with Gasteiger partial charge in [-0.3, -0.25) is 0 Å². The molecule has 2 aliphatic rings. The van der Waals surface area contributed by atoms with E-state index in [1.807, 2.05) is 0 Å². The molecule has 2 heterocycles. The molecule has 62 valence electrons. The summed E-state index contributed by atoms with van der Waals surface area (Å²) in [5.41, 5.74) is 3.09. The van der Waals surface area contributed by atoms with E-state index in [9.17, 15) is 0 Å². The van der Waals surface area contributed by atoms with Crippen LogP contribution in [0.1, 0.15) is 40.5 Å². The molecule has 0 aliphatic carbocycles. The molecule has 1 nitrogen and oxygen atoms in total. The van der Waals surface area contributed by atoms with Crippen LogP contribution in [0.3, 0.4) is 0 Å². The lowest BCUT2D eigenvalue weighted by atomic mass is 9.80. The molecule has 1 saturated heterocycles. The second kappa shape index (κ2) is 1.71. The van der Waals surface area contributed by atoms with Crippen molar-refractivity contribution in [3.63, 3.8) is 0 Å². The van der Waals surface area contributed by atoms with Crippen LogP contribution in [-0.2, 0) is 4.74 Å². The van der Waals surface area contributed by atoms with Crippen molar-refractivity contribution in [2.45, 2.75) is 51.7 Å². The number of ether oxygens (including phenoxy) is 1. The Balaban J connectivity index is 2.52. The lowest BCUT2D eigenvalue weighted by molar-refractivity contribution is -0.0186. The largest absolute Gasteiger partial charge is 0.360 e. The van der Waals surface area contributed by atoms with Gasteiger partial charge in [-0.1, -0.05) is 0 Å². The van der Waals surface area contributed by atoms with E-state index in [0.29, 0.717) is 0 Å². The fourth-order valence-electron chi connectivity index (χ4n) is 2.40. The highest BCUT2D eigenvalue weighted by molar-refractivity contribution is 5.36. The molecule has 2 unspecified atom stereocenters. The van der Waals surface area contributed by atoms with Gasteiger partial charge in [-0.15, -0.1) is 0 Å². The summed E-state index contributed by atoms with van der Waals surface area (Å²) in [5, 5.41) is 0. The molecular formula is C10H16O. The van der Waals surface area contributed by atoms with Gasteiger partial charge in [0.05, 0.1) is 11.2 Å². The lowest BCUT2D eigenvalue weighted by Crippen LogP contribution is -2.22. The van der Waals surface area contributed by atoms with Crippen LogP contribution in [0, 0.1) is 0 Å². The number of hydrogen-bond acceptors (Lipinski definition) is 1. The zero-order valence-corrected chi connectivity index (χ0v) is 7.82. The van der Waals surface area contributed by atoms with Gasteiger partial charge in [-0.25, -0.2) is 0 Å². The molecule has 0 spiro atoms. The van der Waals surface area contributed by atoms with E-state index in [1.54, 1.807) is 0 Å². The highest BCUT2D eigenvalue weighted by Crippen LogP contribution is 2.53. The van der Waals surface area contributed by atoms with Gasteiger partial charge in [0, 0.05) is 0 Å². The lowest BCUT2D eigenvalue weighted by Gasteiger charge is -2.21. The van der Waals surface area contributed by atoms with E-state index in [0.717, 1.165) is 0 Å². The monoisotopic (exact) mass is 152 g/mol. The average Bonchev–Trinajstić information content (AvgIpc) is 2.32. The van der Waals surface area contributed by atoms with Crippen LogP contribution in [0.4, 0.5) is 0 Å². The molecule has 0 N–H and O–H groups in total. The van der Waals surface area contributed by atoms with Crippen LogP contribution in [-0.4, -0.2) is 11.2 Å². The third-order valence-corrected chi connectivity index (χ3v) is 3.68. The number of hydrogen-bond donors (Lipinski definition) is 0. The topological polar surface area (TPSA) is 9.23 Å². The summed E-state index contributed by atoms with van der Waals surface area (Å²) in [4.78, 5) is 0. The van der Waals surface area contributed by atoms with Gasteiger partial charge in [-0.2, -0.15) is 0 Å². The standard InChI is InChI=1S/C10H16O/c1-7-8(2)10(4)6-5-9(7,3)11-10/h5-6H2,1-4H3. The van der Waals surface area contributed by atoms with Crippen molar-refractivity contribution < 1.29 is 4.74 Å². The minimum Gasteiger partial charge on any atom is -0.360 e. The Morgan fingerprint density at radius 3 is 1.55 bits per heavy atom. The highest BCUT2D eigenvalue weighted by atomic mass is 16.5. The van der Waals surface area contributed by atoms with Gasteiger partial charge >= 0.3 is 0 Å². The molecule has 1 heteroatoms. The molecule has 0 saturated carbocycles. The van der Waals surface area contributed by atoms with E-state index in [-0.39, 0.29) is 11.2 Å². The Bertz CT molecular complexity index is 217. The van der Waals surface area contributed by atoms with Gasteiger partial charge in [-0.05, 0) is 51.7 Å². The molecule has 1 fully saturated rings. The van der Waals surface area contributed by atoms with E-state index >= 15 is 0 Å². The molecule has 0 aromatic heterocycles. The summed E-state index contributed by atoms with van der Waals surface area (Å²) in [7, 11) is 0. The normalized spacial score (nSPS) is 49.1. The summed E-state index contributed by atoms with van der Waals surface area (Å²) < 4.78 is 6.00. The van der Waals surface area contributed by atoms with E-state index in [4.69, 9.17) is 4.74 Å². The van der Waals surface area contributed by atoms with Crippen LogP contribution in [0.5, 0.6) is 0 Å². The summed E-state index contributed by atoms with van der Waals surface area (Å²) in [5.74, 6) is 0. The van der Waals surface area contributed by atoms with Gasteiger partial charge in [0.2, 0.25) is 0 Å². The molecule has 2 rings (SSSR count). The van der Waals surface area contributed by atoms with Crippen molar-refractivity contribution in [1.29, 1.82) is 0 Å². The van der Waals surface area contributed by atoms with Gasteiger partial charge in [0.25, 0.3) is 0 Å². The molecule has 0 radical (unpaired) electrons. The molecule has 2 aliphatic heterocycles. The van der Waals surface area contributed by atoms with Crippen LogP contribution >= 0.6 is 0 Å². The first-order chi connectivity index (χ1) is 4.98. The zero-order chi connectivity index (χ0) is 8.28. The average molecular weight is 152 g/mol. The second-order valence-corrected chi connectivity index (χ2v) is 4.31. The van der Waals surface area contributed by atoms with E-state index in [2.05, 4.69) is 27.7 Å². The Morgan fingerprint density at radius 1 is 1.00 bits per heavy atom. The molecule has 0 amide bonds. The molecule has 11 heavy (non-hydrogen) atoms. The third kappa shape index (κ3) is 0.698. The SMILES string of the molecule is CC1=C(C)C2(C)CCC1(C)O2. The quantitative estimate of drug-likeness (QED) is 0.485. The maximum Gasteiger partial charge on any atom is 0.0877 e. The van der Waals surface area contributed by atoms with Gasteiger partial charge < -0.3 is 4.74 Å². The van der Waals surface area contributed by atoms with Crippen molar-refractivity contribution in [2.75, 3.05) is 0 Å². The molecule has 0 aromatic rings. The number of fused-ring (bicyclic) bond motifs is 2. The fraction of sp³-hybridized carbons (Fsp3) is 0.800. The Hall–Kier alpha value is -0.300. The van der Waals surface area contributed by atoms with Crippen LogP contribution in [0.15, 0.2) is 11.1 Å². The van der Waals surface area contributed by atoms with E-state index < -0.39 is 0 Å².